The molecule has 33 heavy (non-hydrogen) atoms. The average molecular weight is 444 g/mol. The van der Waals surface area contributed by atoms with E-state index in [2.05, 4.69) is 15.3 Å². The molecule has 0 radical (unpaired) electrons. The standard InChI is InChI=1S/C25H25N5O3/c1-32-18-7-5-16-11-21(27-20(16)13-18)22-14-26-15-24(29-22)28-19-8-6-17(12-23(19)33-2)25(31)30-9-3-4-10-30/h5-8,11-15,27H,3-4,9-10H2,1-2H3,(H,28,29). The van der Waals surface area contributed by atoms with Crippen molar-refractivity contribution in [3.63, 3.8) is 0 Å². The number of nitrogens with zero attached hydrogens (tertiary/aromatic N) is 3. The lowest BCUT2D eigenvalue weighted by Crippen LogP contribution is -2.27. The Labute approximate surface area is 191 Å². The van der Waals surface area contributed by atoms with E-state index in [9.17, 15) is 4.79 Å². The Hall–Kier alpha value is -4.07. The van der Waals surface area contributed by atoms with Gasteiger partial charge in [0.25, 0.3) is 5.91 Å². The third kappa shape index (κ3) is 4.19. The van der Waals surface area contributed by atoms with Gasteiger partial charge in [0.05, 0.1) is 38.0 Å². The first kappa shape index (κ1) is 20.8. The van der Waals surface area contributed by atoms with Gasteiger partial charge in [-0.05, 0) is 49.2 Å². The van der Waals surface area contributed by atoms with Crippen LogP contribution in [0.5, 0.6) is 11.5 Å². The zero-order valence-corrected chi connectivity index (χ0v) is 18.6. The minimum absolute atomic E-state index is 0.0366. The minimum Gasteiger partial charge on any atom is -0.497 e. The highest BCUT2D eigenvalue weighted by Gasteiger charge is 2.20. The highest BCUT2D eigenvalue weighted by molar-refractivity contribution is 5.95. The number of nitrogens with one attached hydrogen (secondary N) is 2. The fraction of sp³-hybridized carbons (Fsp3) is 0.240. The normalized spacial score (nSPS) is 13.3. The molecule has 168 valence electrons. The molecule has 8 nitrogen and oxygen atoms in total. The number of carbonyl (C=O) groups is 1. The van der Waals surface area contributed by atoms with Crippen molar-refractivity contribution in [3.05, 3.63) is 60.4 Å². The number of carbonyl (C=O) groups excluding carboxylic acids is 1. The van der Waals surface area contributed by atoms with Crippen molar-refractivity contribution in [2.75, 3.05) is 32.6 Å². The molecule has 0 atom stereocenters. The van der Waals surface area contributed by atoms with Crippen molar-refractivity contribution >= 4 is 28.3 Å². The molecule has 5 rings (SSSR count). The molecule has 0 bridgehead atoms. The van der Waals surface area contributed by atoms with Crippen molar-refractivity contribution in [2.24, 2.45) is 0 Å². The number of rotatable bonds is 6. The molecule has 2 N–H and O–H groups in total. The van der Waals surface area contributed by atoms with E-state index >= 15 is 0 Å². The molecular formula is C25H25N5O3. The molecule has 2 aromatic carbocycles. The summed E-state index contributed by atoms with van der Waals surface area (Å²) >= 11 is 0. The van der Waals surface area contributed by atoms with E-state index in [1.807, 2.05) is 41.3 Å². The zero-order chi connectivity index (χ0) is 22.8. The van der Waals surface area contributed by atoms with E-state index in [0.29, 0.717) is 28.5 Å². The monoisotopic (exact) mass is 443 g/mol. The number of H-pyrrole nitrogens is 1. The number of benzene rings is 2. The third-order valence-electron chi connectivity index (χ3n) is 5.84. The van der Waals surface area contributed by atoms with Gasteiger partial charge in [0.2, 0.25) is 0 Å². The summed E-state index contributed by atoms with van der Waals surface area (Å²) in [4.78, 5) is 27.0. The molecule has 0 unspecified atom stereocenters. The van der Waals surface area contributed by atoms with Crippen LogP contribution in [0.15, 0.2) is 54.9 Å². The van der Waals surface area contributed by atoms with E-state index < -0.39 is 0 Å². The summed E-state index contributed by atoms with van der Waals surface area (Å²) in [6.07, 6.45) is 5.48. The Morgan fingerprint density at radius 3 is 2.67 bits per heavy atom. The first-order valence-corrected chi connectivity index (χ1v) is 10.9. The number of methoxy groups -OCH3 is 2. The van der Waals surface area contributed by atoms with Gasteiger partial charge in [-0.1, -0.05) is 0 Å². The fourth-order valence-corrected chi connectivity index (χ4v) is 4.10. The van der Waals surface area contributed by atoms with Crippen LogP contribution in [0, 0.1) is 0 Å². The number of likely N-dealkylation sites (tertiary alicyclic amines) is 1. The number of hydrogen-bond donors (Lipinski definition) is 2. The maximum absolute atomic E-state index is 12.7. The summed E-state index contributed by atoms with van der Waals surface area (Å²) in [5, 5.41) is 4.32. The van der Waals surface area contributed by atoms with E-state index in [1.54, 1.807) is 32.7 Å². The highest BCUT2D eigenvalue weighted by atomic mass is 16.5. The molecule has 1 fully saturated rings. The van der Waals surface area contributed by atoms with Crippen molar-refractivity contribution in [3.8, 4) is 22.9 Å². The molecule has 0 aliphatic carbocycles. The van der Waals surface area contributed by atoms with Gasteiger partial charge in [0.1, 0.15) is 23.0 Å². The fourth-order valence-electron chi connectivity index (χ4n) is 4.10. The van der Waals surface area contributed by atoms with E-state index in [4.69, 9.17) is 14.5 Å². The van der Waals surface area contributed by atoms with Gasteiger partial charge in [0.15, 0.2) is 0 Å². The Bertz CT molecular complexity index is 1310. The lowest BCUT2D eigenvalue weighted by atomic mass is 10.1. The number of anilines is 2. The summed E-state index contributed by atoms with van der Waals surface area (Å²) in [5.74, 6) is 1.97. The number of fused-ring (bicyclic) bond motifs is 1. The third-order valence-corrected chi connectivity index (χ3v) is 5.84. The Morgan fingerprint density at radius 2 is 1.88 bits per heavy atom. The first-order valence-electron chi connectivity index (χ1n) is 10.9. The van der Waals surface area contributed by atoms with Gasteiger partial charge in [-0.2, -0.15) is 0 Å². The van der Waals surface area contributed by atoms with Gasteiger partial charge in [-0.15, -0.1) is 0 Å². The molecule has 1 aliphatic heterocycles. The molecule has 1 amide bonds. The second-order valence-electron chi connectivity index (χ2n) is 7.97. The van der Waals surface area contributed by atoms with Gasteiger partial charge in [-0.3, -0.25) is 9.78 Å². The first-order chi connectivity index (χ1) is 16.1. The van der Waals surface area contributed by atoms with Crippen LogP contribution in [0.2, 0.25) is 0 Å². The number of amides is 1. The molecule has 1 aliphatic rings. The Morgan fingerprint density at radius 1 is 1.03 bits per heavy atom. The quantitative estimate of drug-likeness (QED) is 0.452. The lowest BCUT2D eigenvalue weighted by molar-refractivity contribution is 0.0792. The van der Waals surface area contributed by atoms with Gasteiger partial charge >= 0.3 is 0 Å². The predicted molar refractivity (Wildman–Crippen MR) is 127 cm³/mol. The van der Waals surface area contributed by atoms with Crippen molar-refractivity contribution in [2.45, 2.75) is 12.8 Å². The summed E-state index contributed by atoms with van der Waals surface area (Å²) in [6, 6.07) is 13.3. The molecule has 3 heterocycles. The lowest BCUT2D eigenvalue weighted by Gasteiger charge is -2.17. The van der Waals surface area contributed by atoms with Crippen LogP contribution >= 0.6 is 0 Å². The largest absolute Gasteiger partial charge is 0.497 e. The predicted octanol–water partition coefficient (Wildman–Crippen LogP) is 4.62. The molecular weight excluding hydrogens is 418 g/mol. The second-order valence-corrected chi connectivity index (χ2v) is 7.97. The highest BCUT2D eigenvalue weighted by Crippen LogP contribution is 2.30. The van der Waals surface area contributed by atoms with Crippen LogP contribution in [-0.2, 0) is 0 Å². The van der Waals surface area contributed by atoms with Crippen LogP contribution in [-0.4, -0.2) is 53.1 Å². The molecule has 8 heteroatoms. The number of aromatic nitrogens is 3. The van der Waals surface area contributed by atoms with E-state index in [1.165, 1.54) is 0 Å². The maximum Gasteiger partial charge on any atom is 0.253 e. The minimum atomic E-state index is 0.0366. The zero-order valence-electron chi connectivity index (χ0n) is 18.6. The van der Waals surface area contributed by atoms with Crippen LogP contribution in [0.4, 0.5) is 11.5 Å². The summed E-state index contributed by atoms with van der Waals surface area (Å²) < 4.78 is 10.9. The number of aromatic amines is 1. The van der Waals surface area contributed by atoms with Crippen LogP contribution in [0.1, 0.15) is 23.2 Å². The molecule has 0 saturated carbocycles. The van der Waals surface area contributed by atoms with Gasteiger partial charge < -0.3 is 24.7 Å². The molecule has 2 aromatic heterocycles. The number of ether oxygens (including phenoxy) is 2. The SMILES string of the molecule is COc1ccc2cc(-c3cncc(Nc4ccc(C(=O)N5CCCC5)cc4OC)n3)[nH]c2c1. The van der Waals surface area contributed by atoms with Crippen LogP contribution < -0.4 is 14.8 Å². The molecule has 0 spiro atoms. The van der Waals surface area contributed by atoms with Crippen LogP contribution in [0.25, 0.3) is 22.3 Å². The Balaban J connectivity index is 1.40. The van der Waals surface area contributed by atoms with E-state index in [-0.39, 0.29) is 5.91 Å². The maximum atomic E-state index is 12.7. The summed E-state index contributed by atoms with van der Waals surface area (Å²) in [6.45, 7) is 1.62. The number of hydrogen-bond acceptors (Lipinski definition) is 6. The van der Waals surface area contributed by atoms with Crippen molar-refractivity contribution in [1.82, 2.24) is 19.9 Å². The second kappa shape index (κ2) is 8.82. The molecule has 1 saturated heterocycles. The van der Waals surface area contributed by atoms with E-state index in [0.717, 1.165) is 48.3 Å². The topological polar surface area (TPSA) is 92.4 Å². The van der Waals surface area contributed by atoms with Crippen molar-refractivity contribution in [1.29, 1.82) is 0 Å². The van der Waals surface area contributed by atoms with Crippen LogP contribution in [0.3, 0.4) is 0 Å². The average Bonchev–Trinajstić information content (AvgIpc) is 3.54. The Kier molecular flexibility index (Phi) is 5.56. The van der Waals surface area contributed by atoms with Gasteiger partial charge in [-0.25, -0.2) is 4.98 Å². The van der Waals surface area contributed by atoms with Crippen molar-refractivity contribution < 1.29 is 14.3 Å². The molecule has 4 aromatic rings. The summed E-state index contributed by atoms with van der Waals surface area (Å²) in [7, 11) is 3.24. The summed E-state index contributed by atoms with van der Waals surface area (Å²) in [5.41, 5.74) is 3.85. The van der Waals surface area contributed by atoms with Gasteiger partial charge in [0, 0.05) is 35.6 Å². The smallest absolute Gasteiger partial charge is 0.253 e.